The van der Waals surface area contributed by atoms with Gasteiger partial charge in [-0.15, -0.1) is 6.58 Å². The van der Waals surface area contributed by atoms with E-state index in [-0.39, 0.29) is 12.1 Å². The maximum absolute atomic E-state index is 9.91. The molecule has 1 atom stereocenters. The molecule has 1 aliphatic rings. The third-order valence-electron chi connectivity index (χ3n) is 5.25. The number of hydrogen-bond donors (Lipinski definition) is 0. The van der Waals surface area contributed by atoms with Crippen LogP contribution in [0.2, 0.25) is 0 Å². The number of aromatic nitrogens is 1. The zero-order valence-electron chi connectivity index (χ0n) is 15.4. The van der Waals surface area contributed by atoms with Gasteiger partial charge in [0.25, 0.3) is 0 Å². The van der Waals surface area contributed by atoms with E-state index in [1.54, 1.807) is 6.08 Å². The zero-order valence-corrected chi connectivity index (χ0v) is 15.4. The van der Waals surface area contributed by atoms with Crippen LogP contribution in [0.15, 0.2) is 43.0 Å². The van der Waals surface area contributed by atoms with Crippen LogP contribution in [0, 0.1) is 39.9 Å². The van der Waals surface area contributed by atoms with Gasteiger partial charge in [-0.05, 0) is 36.3 Å². The molecule has 1 aromatic carbocycles. The van der Waals surface area contributed by atoms with E-state index >= 15 is 0 Å². The van der Waals surface area contributed by atoms with Gasteiger partial charge >= 0.3 is 0 Å². The van der Waals surface area contributed by atoms with Crippen molar-refractivity contribution in [1.82, 2.24) is 4.98 Å². The topological polar surface area (TPSA) is 84.3 Å². The van der Waals surface area contributed by atoms with Crippen molar-refractivity contribution >= 4 is 0 Å². The van der Waals surface area contributed by atoms with Crippen molar-refractivity contribution < 1.29 is 0 Å². The standard InChI is InChI=1S/C23H20N4/c1-3-11-23(14-25,15-26)22-20(13-24)19-12-16(2)9-10-18(19)21(27-22)17-7-5-4-6-8-17/h3-8,16H,1,9-12H2,2H3/t16-/m1/s1. The Morgan fingerprint density at radius 3 is 2.48 bits per heavy atom. The van der Waals surface area contributed by atoms with Gasteiger partial charge in [-0.2, -0.15) is 15.8 Å². The molecule has 1 aromatic heterocycles. The van der Waals surface area contributed by atoms with E-state index in [0.29, 0.717) is 11.5 Å². The minimum absolute atomic E-state index is 0.129. The van der Waals surface area contributed by atoms with Crippen LogP contribution in [0.25, 0.3) is 11.3 Å². The van der Waals surface area contributed by atoms with Crippen LogP contribution in [-0.2, 0) is 18.3 Å². The van der Waals surface area contributed by atoms with Gasteiger partial charge in [0.15, 0.2) is 5.41 Å². The van der Waals surface area contributed by atoms with Gasteiger partial charge in [0.05, 0.1) is 29.1 Å². The van der Waals surface area contributed by atoms with E-state index in [9.17, 15) is 15.8 Å². The molecule has 0 saturated heterocycles. The summed E-state index contributed by atoms with van der Waals surface area (Å²) in [6.07, 6.45) is 4.31. The number of pyridine rings is 1. The monoisotopic (exact) mass is 352 g/mol. The summed E-state index contributed by atoms with van der Waals surface area (Å²) in [6.45, 7) is 5.85. The van der Waals surface area contributed by atoms with Crippen molar-refractivity contribution in [3.8, 4) is 29.5 Å². The van der Waals surface area contributed by atoms with Crippen LogP contribution in [0.4, 0.5) is 0 Å². The van der Waals surface area contributed by atoms with Gasteiger partial charge < -0.3 is 0 Å². The number of allylic oxidation sites excluding steroid dienone is 1. The van der Waals surface area contributed by atoms with Gasteiger partial charge in [0.1, 0.15) is 6.07 Å². The molecule has 3 rings (SSSR count). The molecule has 0 aliphatic heterocycles. The lowest BCUT2D eigenvalue weighted by atomic mass is 9.75. The molecule has 132 valence electrons. The van der Waals surface area contributed by atoms with E-state index < -0.39 is 5.41 Å². The van der Waals surface area contributed by atoms with Crippen molar-refractivity contribution in [1.29, 1.82) is 15.8 Å². The van der Waals surface area contributed by atoms with Crippen LogP contribution < -0.4 is 0 Å². The van der Waals surface area contributed by atoms with Crippen molar-refractivity contribution in [2.24, 2.45) is 5.92 Å². The fourth-order valence-electron chi connectivity index (χ4n) is 3.81. The lowest BCUT2D eigenvalue weighted by Crippen LogP contribution is -2.27. The summed E-state index contributed by atoms with van der Waals surface area (Å²) in [5.74, 6) is 0.446. The van der Waals surface area contributed by atoms with Gasteiger partial charge in [0.2, 0.25) is 0 Å². The molecule has 4 heteroatoms. The number of nitriles is 3. The summed E-state index contributed by atoms with van der Waals surface area (Å²) in [5.41, 5.74) is 2.89. The predicted octanol–water partition coefficient (Wildman–Crippen LogP) is 4.61. The van der Waals surface area contributed by atoms with E-state index in [4.69, 9.17) is 4.98 Å². The Kier molecular flexibility index (Phi) is 5.07. The first-order chi connectivity index (χ1) is 13.1. The second-order valence-corrected chi connectivity index (χ2v) is 7.09. The minimum atomic E-state index is -1.51. The quantitative estimate of drug-likeness (QED) is 0.752. The van der Waals surface area contributed by atoms with Crippen molar-refractivity contribution in [3.05, 3.63) is 65.4 Å². The van der Waals surface area contributed by atoms with E-state index in [2.05, 4.69) is 31.7 Å². The molecule has 0 unspecified atom stereocenters. The molecule has 0 amide bonds. The fourth-order valence-corrected chi connectivity index (χ4v) is 3.81. The van der Waals surface area contributed by atoms with Crippen LogP contribution in [0.3, 0.4) is 0 Å². The summed E-state index contributed by atoms with van der Waals surface area (Å²) in [7, 11) is 0. The molecule has 0 bridgehead atoms. The van der Waals surface area contributed by atoms with Crippen molar-refractivity contribution in [2.75, 3.05) is 0 Å². The summed E-state index contributed by atoms with van der Waals surface area (Å²) in [4.78, 5) is 4.77. The second-order valence-electron chi connectivity index (χ2n) is 7.09. The average molecular weight is 352 g/mol. The summed E-state index contributed by atoms with van der Waals surface area (Å²) in [5, 5.41) is 29.6. The number of fused-ring (bicyclic) bond motifs is 1. The van der Waals surface area contributed by atoms with Crippen LogP contribution in [0.5, 0.6) is 0 Å². The highest BCUT2D eigenvalue weighted by Gasteiger charge is 2.38. The van der Waals surface area contributed by atoms with E-state index in [0.717, 1.165) is 41.6 Å². The molecule has 1 aliphatic carbocycles. The Morgan fingerprint density at radius 2 is 1.89 bits per heavy atom. The lowest BCUT2D eigenvalue weighted by Gasteiger charge is -2.28. The molecule has 2 aromatic rings. The number of nitrogens with zero attached hydrogens (tertiary/aromatic N) is 4. The summed E-state index contributed by atoms with van der Waals surface area (Å²) >= 11 is 0. The normalized spacial score (nSPS) is 15.7. The summed E-state index contributed by atoms with van der Waals surface area (Å²) < 4.78 is 0. The first-order valence-electron chi connectivity index (χ1n) is 9.05. The Morgan fingerprint density at radius 1 is 1.19 bits per heavy atom. The third kappa shape index (κ3) is 3.10. The van der Waals surface area contributed by atoms with Crippen LogP contribution >= 0.6 is 0 Å². The predicted molar refractivity (Wildman–Crippen MR) is 103 cm³/mol. The van der Waals surface area contributed by atoms with Crippen molar-refractivity contribution in [3.63, 3.8) is 0 Å². The third-order valence-corrected chi connectivity index (χ3v) is 5.25. The fraction of sp³-hybridized carbons (Fsp3) is 0.304. The molecule has 0 radical (unpaired) electrons. The van der Waals surface area contributed by atoms with Gasteiger partial charge in [0, 0.05) is 12.0 Å². The molecule has 0 fully saturated rings. The Labute approximate surface area is 160 Å². The van der Waals surface area contributed by atoms with Crippen LogP contribution in [-0.4, -0.2) is 4.98 Å². The zero-order chi connectivity index (χ0) is 19.4. The Balaban J connectivity index is 2.40. The molecule has 0 spiro atoms. The minimum Gasteiger partial charge on any atom is -0.248 e. The van der Waals surface area contributed by atoms with Gasteiger partial charge in [-0.1, -0.05) is 43.3 Å². The number of benzene rings is 1. The van der Waals surface area contributed by atoms with Gasteiger partial charge in [-0.3, -0.25) is 0 Å². The Bertz CT molecular complexity index is 986. The number of hydrogen-bond acceptors (Lipinski definition) is 4. The van der Waals surface area contributed by atoms with E-state index in [1.165, 1.54) is 0 Å². The highest BCUT2D eigenvalue weighted by molar-refractivity contribution is 5.69. The average Bonchev–Trinajstić information content (AvgIpc) is 2.71. The first-order valence-corrected chi connectivity index (χ1v) is 9.05. The summed E-state index contributed by atoms with van der Waals surface area (Å²) in [6, 6.07) is 16.3. The molecular formula is C23H20N4. The smallest absolute Gasteiger partial charge is 0.190 e. The molecular weight excluding hydrogens is 332 g/mol. The highest BCUT2D eigenvalue weighted by Crippen LogP contribution is 2.39. The molecule has 0 saturated carbocycles. The van der Waals surface area contributed by atoms with Crippen molar-refractivity contribution in [2.45, 2.75) is 38.0 Å². The van der Waals surface area contributed by atoms with Gasteiger partial charge in [-0.25, -0.2) is 4.98 Å². The second kappa shape index (κ2) is 7.45. The first kappa shape index (κ1) is 18.4. The highest BCUT2D eigenvalue weighted by atomic mass is 14.8. The van der Waals surface area contributed by atoms with Crippen LogP contribution in [0.1, 0.15) is 42.1 Å². The maximum Gasteiger partial charge on any atom is 0.190 e. The number of rotatable bonds is 4. The molecule has 27 heavy (non-hydrogen) atoms. The van der Waals surface area contributed by atoms with E-state index in [1.807, 2.05) is 30.3 Å². The molecule has 0 N–H and O–H groups in total. The SMILES string of the molecule is C=CCC(C#N)(C#N)c1nc(-c2ccccc2)c2c(c1C#N)C[C@H](C)CC2. The maximum atomic E-state index is 9.91. The lowest BCUT2D eigenvalue weighted by molar-refractivity contribution is 0.498. The molecule has 4 nitrogen and oxygen atoms in total. The largest absolute Gasteiger partial charge is 0.248 e. The Hall–Kier alpha value is -3.42. The molecule has 1 heterocycles.